The second-order valence-corrected chi connectivity index (χ2v) is 11.8. The Balaban J connectivity index is 1.46. The number of nitrogens with one attached hydrogen (secondary N) is 1. The van der Waals surface area contributed by atoms with Crippen LogP contribution in [0.5, 0.6) is 0 Å². The lowest BCUT2D eigenvalue weighted by Gasteiger charge is -2.22. The van der Waals surface area contributed by atoms with Gasteiger partial charge >= 0.3 is 5.97 Å². The summed E-state index contributed by atoms with van der Waals surface area (Å²) < 4.78 is 1.88. The van der Waals surface area contributed by atoms with Gasteiger partial charge < -0.3 is 19.9 Å². The number of carboxylic acid groups (broad SMARTS) is 1. The van der Waals surface area contributed by atoms with Crippen LogP contribution in [0.25, 0.3) is 11.0 Å². The van der Waals surface area contributed by atoms with Gasteiger partial charge in [-0.05, 0) is 48.4 Å². The number of Topliss-reactive ketones (excluding diaryl/α,β-unsaturated/α-hetero) is 1. The Morgan fingerprint density at radius 3 is 2.50 bits per heavy atom. The summed E-state index contributed by atoms with van der Waals surface area (Å²) in [5.74, 6) is 1.06. The van der Waals surface area contributed by atoms with Crippen LogP contribution in [0.4, 0.5) is 17.3 Å². The summed E-state index contributed by atoms with van der Waals surface area (Å²) in [6, 6.07) is 7.15. The maximum Gasteiger partial charge on any atom is 0.337 e. The van der Waals surface area contributed by atoms with Crippen molar-refractivity contribution in [2.75, 3.05) is 23.3 Å². The van der Waals surface area contributed by atoms with E-state index in [-0.39, 0.29) is 11.3 Å². The van der Waals surface area contributed by atoms with E-state index in [1.54, 1.807) is 12.1 Å². The first-order chi connectivity index (χ1) is 16.9. The minimum absolute atomic E-state index is 0.165. The third-order valence-electron chi connectivity index (χ3n) is 7.41. The van der Waals surface area contributed by atoms with Gasteiger partial charge in [0.15, 0.2) is 0 Å². The first kappa shape index (κ1) is 24.9. The summed E-state index contributed by atoms with van der Waals surface area (Å²) >= 11 is 13.2. The summed E-state index contributed by atoms with van der Waals surface area (Å²) in [6.45, 7) is 7.52. The highest BCUT2D eigenvalue weighted by atomic mass is 35.5. The van der Waals surface area contributed by atoms with Crippen LogP contribution in [0.3, 0.4) is 0 Å². The van der Waals surface area contributed by atoms with Gasteiger partial charge in [0, 0.05) is 32.0 Å². The molecular weight excluding hydrogens is 499 g/mol. The number of ketones is 1. The fourth-order valence-electron chi connectivity index (χ4n) is 5.01. The number of fused-ring (bicyclic) bond motifs is 2. The first-order valence-electron chi connectivity index (χ1n) is 12.2. The van der Waals surface area contributed by atoms with Crippen molar-refractivity contribution in [2.24, 2.45) is 24.3 Å². The highest BCUT2D eigenvalue weighted by molar-refractivity contribution is 6.39. The standard InChI is InChI=1S/C27H30Cl2N4O3/c1-27(2,3)22(34)8-6-14-5-7-18(28)24(23(14)29)31-26-30-19-10-17(25(35)36)20(11-21(19)32(26)4)33-12-15-9-16(15)13-33/h5,7,10-11,15-16H,6,8-9,12-13H2,1-4H3,(H,30,31)(H,35,36). The van der Waals surface area contributed by atoms with Gasteiger partial charge in [-0.25, -0.2) is 9.78 Å². The number of hydrogen-bond donors (Lipinski definition) is 2. The number of benzene rings is 2. The number of aryl methyl sites for hydroxylation is 2. The van der Waals surface area contributed by atoms with E-state index in [9.17, 15) is 14.7 Å². The molecular formula is C27H30Cl2N4O3. The zero-order chi connectivity index (χ0) is 25.9. The van der Waals surface area contributed by atoms with Crippen molar-refractivity contribution in [3.05, 3.63) is 45.4 Å². The topological polar surface area (TPSA) is 87.5 Å². The number of rotatable bonds is 7. The van der Waals surface area contributed by atoms with Gasteiger partial charge in [0.25, 0.3) is 0 Å². The van der Waals surface area contributed by atoms with Crippen LogP contribution in [0.2, 0.25) is 10.0 Å². The first-order valence-corrected chi connectivity index (χ1v) is 13.0. The molecule has 1 aliphatic heterocycles. The molecule has 0 bridgehead atoms. The second kappa shape index (κ2) is 8.96. The Morgan fingerprint density at radius 2 is 1.86 bits per heavy atom. The molecule has 9 heteroatoms. The number of carboxylic acids is 1. The van der Waals surface area contributed by atoms with Gasteiger partial charge in [-0.1, -0.05) is 50.0 Å². The SMILES string of the molecule is Cn1c(Nc2c(Cl)ccc(CCC(=O)C(C)(C)C)c2Cl)nc2cc(C(=O)O)c(N3CC4CC4C3)cc21. The van der Waals surface area contributed by atoms with Gasteiger partial charge in [0.2, 0.25) is 5.95 Å². The number of hydrogen-bond acceptors (Lipinski definition) is 5. The molecule has 0 spiro atoms. The largest absolute Gasteiger partial charge is 0.478 e. The van der Waals surface area contributed by atoms with Gasteiger partial charge in [0.05, 0.1) is 38.0 Å². The molecule has 2 unspecified atom stereocenters. The van der Waals surface area contributed by atoms with E-state index in [1.165, 1.54) is 6.42 Å². The molecule has 0 amide bonds. The van der Waals surface area contributed by atoms with Crippen molar-refractivity contribution < 1.29 is 14.7 Å². The van der Waals surface area contributed by atoms with Crippen LogP contribution in [-0.2, 0) is 18.3 Å². The fourth-order valence-corrected chi connectivity index (χ4v) is 5.56. The lowest BCUT2D eigenvalue weighted by Crippen LogP contribution is -2.24. The summed E-state index contributed by atoms with van der Waals surface area (Å²) in [4.78, 5) is 31.3. The van der Waals surface area contributed by atoms with Crippen molar-refractivity contribution in [1.82, 2.24) is 9.55 Å². The average molecular weight is 529 g/mol. The zero-order valence-electron chi connectivity index (χ0n) is 20.9. The van der Waals surface area contributed by atoms with Crippen LogP contribution in [-0.4, -0.2) is 39.5 Å². The predicted octanol–water partition coefficient (Wildman–Crippen LogP) is 6.33. The molecule has 2 fully saturated rings. The normalized spacial score (nSPS) is 19.0. The Hall–Kier alpha value is -2.77. The number of imidazole rings is 1. The Kier molecular flexibility index (Phi) is 6.20. The van der Waals surface area contributed by atoms with Crippen molar-refractivity contribution in [1.29, 1.82) is 0 Å². The molecule has 2 aromatic carbocycles. The smallest absolute Gasteiger partial charge is 0.337 e. The molecule has 1 aromatic heterocycles. The Labute approximate surface area is 220 Å². The van der Waals surface area contributed by atoms with E-state index in [0.717, 1.165) is 29.9 Å². The molecule has 2 heterocycles. The van der Waals surface area contributed by atoms with Crippen molar-refractivity contribution in [3.8, 4) is 0 Å². The lowest BCUT2D eigenvalue weighted by molar-refractivity contribution is -0.126. The minimum Gasteiger partial charge on any atom is -0.478 e. The molecule has 1 saturated heterocycles. The van der Waals surface area contributed by atoms with Crippen LogP contribution in [0, 0.1) is 17.3 Å². The highest BCUT2D eigenvalue weighted by Gasteiger charge is 2.45. The zero-order valence-corrected chi connectivity index (χ0v) is 22.4. The number of anilines is 3. The van der Waals surface area contributed by atoms with Gasteiger partial charge in [-0.2, -0.15) is 0 Å². The Bertz CT molecular complexity index is 1380. The van der Waals surface area contributed by atoms with E-state index < -0.39 is 11.4 Å². The molecule has 1 saturated carbocycles. The summed E-state index contributed by atoms with van der Waals surface area (Å²) in [6.07, 6.45) is 2.13. The quantitative estimate of drug-likeness (QED) is 0.372. The second-order valence-electron chi connectivity index (χ2n) is 11.0. The van der Waals surface area contributed by atoms with E-state index >= 15 is 0 Å². The summed E-state index contributed by atoms with van der Waals surface area (Å²) in [7, 11) is 1.87. The van der Waals surface area contributed by atoms with Gasteiger partial charge in [0.1, 0.15) is 5.78 Å². The van der Waals surface area contributed by atoms with Gasteiger partial charge in [-0.3, -0.25) is 4.79 Å². The molecule has 2 aliphatic rings. The summed E-state index contributed by atoms with van der Waals surface area (Å²) in [5.41, 5.74) is 3.31. The van der Waals surface area contributed by atoms with E-state index in [4.69, 9.17) is 23.2 Å². The van der Waals surface area contributed by atoms with Crippen LogP contribution in [0.1, 0.15) is 49.5 Å². The van der Waals surface area contributed by atoms with Crippen molar-refractivity contribution >= 4 is 63.3 Å². The number of carbonyl (C=O) groups excluding carboxylic acids is 1. The van der Waals surface area contributed by atoms with Gasteiger partial charge in [-0.15, -0.1) is 0 Å². The number of halogens is 2. The molecule has 5 rings (SSSR count). The number of carbonyl (C=O) groups is 2. The predicted molar refractivity (Wildman–Crippen MR) is 144 cm³/mol. The monoisotopic (exact) mass is 528 g/mol. The molecule has 190 valence electrons. The lowest BCUT2D eigenvalue weighted by atomic mass is 9.87. The maximum absolute atomic E-state index is 12.4. The molecule has 2 N–H and O–H groups in total. The van der Waals surface area contributed by atoms with Crippen LogP contribution in [0.15, 0.2) is 24.3 Å². The minimum atomic E-state index is -0.962. The molecule has 3 aromatic rings. The van der Waals surface area contributed by atoms with Crippen molar-refractivity contribution in [2.45, 2.75) is 40.0 Å². The maximum atomic E-state index is 12.4. The molecule has 36 heavy (non-hydrogen) atoms. The third kappa shape index (κ3) is 4.55. The van der Waals surface area contributed by atoms with Crippen LogP contribution < -0.4 is 10.2 Å². The van der Waals surface area contributed by atoms with E-state index in [2.05, 4.69) is 15.2 Å². The molecule has 2 atom stereocenters. The van der Waals surface area contributed by atoms with Crippen molar-refractivity contribution in [3.63, 3.8) is 0 Å². The fraction of sp³-hybridized carbons (Fsp3) is 0.444. The number of nitrogens with zero attached hydrogens (tertiary/aromatic N) is 3. The van der Waals surface area contributed by atoms with Crippen LogP contribution >= 0.6 is 23.2 Å². The summed E-state index contributed by atoms with van der Waals surface area (Å²) in [5, 5.41) is 14.0. The molecule has 0 radical (unpaired) electrons. The molecule has 7 nitrogen and oxygen atoms in total. The van der Waals surface area contributed by atoms with E-state index in [1.807, 2.05) is 44.5 Å². The third-order valence-corrected chi connectivity index (χ3v) is 8.16. The number of piperidine rings is 1. The Morgan fingerprint density at radius 1 is 1.17 bits per heavy atom. The number of aromatic carboxylic acids is 1. The number of aromatic nitrogens is 2. The average Bonchev–Trinajstić information content (AvgIpc) is 3.30. The van der Waals surface area contributed by atoms with E-state index in [0.29, 0.717) is 51.9 Å². The molecule has 1 aliphatic carbocycles. The highest BCUT2D eigenvalue weighted by Crippen LogP contribution is 2.47.